The number of nitrogens with one attached hydrogen (secondary N) is 1. The van der Waals surface area contributed by atoms with Crippen molar-refractivity contribution < 1.29 is 28.2 Å². The van der Waals surface area contributed by atoms with Gasteiger partial charge in [-0.05, 0) is 26.0 Å². The molecule has 0 bridgehead atoms. The van der Waals surface area contributed by atoms with Gasteiger partial charge in [0, 0.05) is 5.56 Å². The number of aromatic hydroxyl groups is 1. The summed E-state index contributed by atoms with van der Waals surface area (Å²) >= 11 is 0. The first-order valence-corrected chi connectivity index (χ1v) is 11.1. The molecule has 1 amide bonds. The molecule has 1 unspecified atom stereocenters. The second kappa shape index (κ2) is 8.63. The van der Waals surface area contributed by atoms with E-state index >= 15 is 0 Å². The first-order chi connectivity index (χ1) is 17.2. The van der Waals surface area contributed by atoms with Crippen molar-refractivity contribution in [3.8, 4) is 17.4 Å². The van der Waals surface area contributed by atoms with Crippen LogP contribution in [-0.4, -0.2) is 48.3 Å². The van der Waals surface area contributed by atoms with E-state index in [-0.39, 0.29) is 53.5 Å². The molecule has 0 aliphatic carbocycles. The van der Waals surface area contributed by atoms with Crippen molar-refractivity contribution in [1.82, 2.24) is 24.7 Å². The first-order valence-electron chi connectivity index (χ1n) is 11.1. The van der Waals surface area contributed by atoms with E-state index in [1.807, 2.05) is 0 Å². The molecule has 0 fully saturated rings. The summed E-state index contributed by atoms with van der Waals surface area (Å²) in [4.78, 5) is 37.4. The third-order valence-corrected chi connectivity index (χ3v) is 6.02. The maximum atomic E-state index is 14.3. The number of amides is 1. The minimum atomic E-state index is -1.45. The fourth-order valence-corrected chi connectivity index (χ4v) is 4.28. The molecule has 184 valence electrons. The van der Waals surface area contributed by atoms with Gasteiger partial charge in [0.1, 0.15) is 23.1 Å². The molecule has 1 aliphatic rings. The summed E-state index contributed by atoms with van der Waals surface area (Å²) in [5.41, 5.74) is -0.762. The molecular weight excluding hydrogens is 474 g/mol. The minimum absolute atomic E-state index is 0.00420. The number of carbonyl (C=O) groups is 2. The Hall–Kier alpha value is -4.48. The molecule has 2 N–H and O–H groups in total. The molecular formula is C24H20F2N6O4. The number of fused-ring (bicyclic) bond motifs is 2. The molecule has 4 aromatic rings. The Bertz CT molecular complexity index is 1540. The highest BCUT2D eigenvalue weighted by atomic mass is 19.1. The molecule has 4 heterocycles. The van der Waals surface area contributed by atoms with Gasteiger partial charge in [0.15, 0.2) is 11.5 Å². The van der Waals surface area contributed by atoms with E-state index in [4.69, 9.17) is 4.74 Å². The summed E-state index contributed by atoms with van der Waals surface area (Å²) < 4.78 is 34.7. The maximum Gasteiger partial charge on any atom is 0.307 e. The Morgan fingerprint density at radius 3 is 2.78 bits per heavy atom. The standard InChI is InChI=1S/C24H20F2N6O4/c1-3-36-16(33)9-24(2)17-19(30-23(24)35)28-20(29-22(17)34)18-14-8-13(25)10-27-21(14)32(31-18)11-12-6-4-5-7-15(12)26/h4-8,10H,3,9,11H2,1-2H3,(H2,28,29,30,34,35). The van der Waals surface area contributed by atoms with Crippen LogP contribution in [0.15, 0.2) is 36.5 Å². The van der Waals surface area contributed by atoms with Crippen LogP contribution in [0.1, 0.15) is 31.4 Å². The Balaban J connectivity index is 1.61. The number of rotatable bonds is 6. The number of anilines is 1. The highest BCUT2D eigenvalue weighted by Gasteiger charge is 2.48. The van der Waals surface area contributed by atoms with E-state index in [2.05, 4.69) is 25.4 Å². The lowest BCUT2D eigenvalue weighted by Gasteiger charge is -2.20. The van der Waals surface area contributed by atoms with Gasteiger partial charge >= 0.3 is 5.97 Å². The number of ether oxygens (including phenoxy) is 1. The van der Waals surface area contributed by atoms with Crippen LogP contribution in [-0.2, 0) is 26.3 Å². The van der Waals surface area contributed by atoms with Crippen LogP contribution < -0.4 is 5.32 Å². The zero-order valence-corrected chi connectivity index (χ0v) is 19.2. The van der Waals surface area contributed by atoms with Crippen molar-refractivity contribution in [2.75, 3.05) is 11.9 Å². The Labute approximate surface area is 203 Å². The van der Waals surface area contributed by atoms with Crippen molar-refractivity contribution in [1.29, 1.82) is 0 Å². The van der Waals surface area contributed by atoms with Crippen LogP contribution in [0.4, 0.5) is 14.6 Å². The number of nitrogens with zero attached hydrogens (tertiary/aromatic N) is 5. The molecule has 0 saturated heterocycles. The molecule has 1 aliphatic heterocycles. The zero-order chi connectivity index (χ0) is 25.6. The fourth-order valence-electron chi connectivity index (χ4n) is 4.28. The number of esters is 1. The number of hydrogen-bond donors (Lipinski definition) is 2. The van der Waals surface area contributed by atoms with E-state index in [1.165, 1.54) is 23.7 Å². The fraction of sp³-hybridized carbons (Fsp3) is 0.250. The van der Waals surface area contributed by atoms with Crippen LogP contribution in [0.2, 0.25) is 0 Å². The van der Waals surface area contributed by atoms with Crippen molar-refractivity contribution in [3.63, 3.8) is 0 Å². The highest BCUT2D eigenvalue weighted by Crippen LogP contribution is 2.44. The number of pyridine rings is 1. The van der Waals surface area contributed by atoms with Crippen molar-refractivity contribution >= 4 is 28.7 Å². The Kier molecular flexibility index (Phi) is 5.58. The SMILES string of the molecule is CCOC(=O)CC1(C)C(=O)Nc2nc(-c3nn(Cc4ccccc4F)c4ncc(F)cc34)nc(O)c21. The minimum Gasteiger partial charge on any atom is -0.493 e. The van der Waals surface area contributed by atoms with Crippen LogP contribution in [0.3, 0.4) is 0 Å². The van der Waals surface area contributed by atoms with E-state index in [1.54, 1.807) is 25.1 Å². The van der Waals surface area contributed by atoms with Gasteiger partial charge in [0.05, 0.1) is 42.1 Å². The quantitative estimate of drug-likeness (QED) is 0.391. The lowest BCUT2D eigenvalue weighted by atomic mass is 9.81. The summed E-state index contributed by atoms with van der Waals surface area (Å²) in [6.07, 6.45) is 0.680. The summed E-state index contributed by atoms with van der Waals surface area (Å²) in [5, 5.41) is 18.0. The van der Waals surface area contributed by atoms with E-state index in [0.29, 0.717) is 5.56 Å². The monoisotopic (exact) mass is 494 g/mol. The summed E-state index contributed by atoms with van der Waals surface area (Å²) in [6.45, 7) is 3.25. The van der Waals surface area contributed by atoms with E-state index in [9.17, 15) is 23.5 Å². The lowest BCUT2D eigenvalue weighted by molar-refractivity contribution is -0.146. The predicted octanol–water partition coefficient (Wildman–Crippen LogP) is 3.08. The van der Waals surface area contributed by atoms with Gasteiger partial charge in [0.2, 0.25) is 11.8 Å². The zero-order valence-electron chi connectivity index (χ0n) is 19.2. The van der Waals surface area contributed by atoms with Crippen LogP contribution in [0.5, 0.6) is 5.88 Å². The van der Waals surface area contributed by atoms with Gasteiger partial charge in [-0.1, -0.05) is 18.2 Å². The molecule has 0 saturated carbocycles. The van der Waals surface area contributed by atoms with Gasteiger partial charge in [-0.25, -0.2) is 23.4 Å². The second-order valence-electron chi connectivity index (χ2n) is 8.48. The van der Waals surface area contributed by atoms with Gasteiger partial charge in [-0.2, -0.15) is 10.1 Å². The molecule has 10 nitrogen and oxygen atoms in total. The number of hydrogen-bond acceptors (Lipinski definition) is 8. The number of halogens is 2. The number of benzene rings is 1. The average molecular weight is 494 g/mol. The predicted molar refractivity (Wildman–Crippen MR) is 123 cm³/mol. The lowest BCUT2D eigenvalue weighted by Crippen LogP contribution is -2.34. The maximum absolute atomic E-state index is 14.3. The molecule has 1 aromatic carbocycles. The van der Waals surface area contributed by atoms with Crippen molar-refractivity contribution in [3.05, 3.63) is 59.3 Å². The van der Waals surface area contributed by atoms with E-state index < -0.39 is 34.8 Å². The second-order valence-corrected chi connectivity index (χ2v) is 8.48. The average Bonchev–Trinajstić information content (AvgIpc) is 3.29. The molecule has 1 atom stereocenters. The van der Waals surface area contributed by atoms with Crippen molar-refractivity contribution in [2.24, 2.45) is 0 Å². The Morgan fingerprint density at radius 2 is 2.03 bits per heavy atom. The molecule has 0 radical (unpaired) electrons. The number of aromatic nitrogens is 5. The van der Waals surface area contributed by atoms with Gasteiger partial charge in [-0.3, -0.25) is 9.59 Å². The van der Waals surface area contributed by atoms with Gasteiger partial charge < -0.3 is 15.2 Å². The van der Waals surface area contributed by atoms with Gasteiger partial charge in [0.25, 0.3) is 0 Å². The third kappa shape index (κ3) is 3.80. The first kappa shape index (κ1) is 23.3. The molecule has 36 heavy (non-hydrogen) atoms. The highest BCUT2D eigenvalue weighted by molar-refractivity contribution is 6.07. The Morgan fingerprint density at radius 1 is 1.25 bits per heavy atom. The van der Waals surface area contributed by atoms with Crippen LogP contribution in [0.25, 0.3) is 22.6 Å². The smallest absolute Gasteiger partial charge is 0.307 e. The van der Waals surface area contributed by atoms with Gasteiger partial charge in [-0.15, -0.1) is 0 Å². The van der Waals surface area contributed by atoms with Crippen LogP contribution in [0, 0.1) is 11.6 Å². The molecule has 3 aromatic heterocycles. The van der Waals surface area contributed by atoms with E-state index in [0.717, 1.165) is 6.20 Å². The summed E-state index contributed by atoms with van der Waals surface area (Å²) in [5.74, 6) is -2.93. The topological polar surface area (TPSA) is 132 Å². The molecule has 0 spiro atoms. The number of carbonyl (C=O) groups excluding carboxylic acids is 2. The molecule has 5 rings (SSSR count). The van der Waals surface area contributed by atoms with Crippen molar-refractivity contribution in [2.45, 2.75) is 32.2 Å². The normalized spacial score (nSPS) is 16.7. The summed E-state index contributed by atoms with van der Waals surface area (Å²) in [6, 6.07) is 7.32. The largest absolute Gasteiger partial charge is 0.493 e. The molecule has 12 heteroatoms. The summed E-state index contributed by atoms with van der Waals surface area (Å²) in [7, 11) is 0. The third-order valence-electron chi connectivity index (χ3n) is 6.02. The van der Waals surface area contributed by atoms with Crippen LogP contribution >= 0.6 is 0 Å².